The number of methoxy groups -OCH3 is 2. The molecule has 78 valence electrons. The molecular weight excluding hydrogens is 176 g/mol. The maximum absolute atomic E-state index is 5.38. The predicted octanol–water partition coefficient (Wildman–Crippen LogP) is 2.88. The fourth-order valence-corrected chi connectivity index (χ4v) is 1.80. The average Bonchev–Trinajstić information content (AvgIpc) is 2.19. The van der Waals surface area contributed by atoms with Crippen LogP contribution < -0.4 is 9.47 Å². The first-order chi connectivity index (χ1) is 6.65. The van der Waals surface area contributed by atoms with Gasteiger partial charge in [0.1, 0.15) is 11.5 Å². The van der Waals surface area contributed by atoms with Crippen molar-refractivity contribution in [3.63, 3.8) is 0 Å². The van der Waals surface area contributed by atoms with E-state index in [1.54, 1.807) is 14.2 Å². The summed E-state index contributed by atoms with van der Waals surface area (Å²) in [7, 11) is 3.39. The minimum absolute atomic E-state index is 0.907. The van der Waals surface area contributed by atoms with E-state index in [2.05, 4.69) is 19.9 Å². The van der Waals surface area contributed by atoms with Gasteiger partial charge in [0.15, 0.2) is 0 Å². The Labute approximate surface area is 85.8 Å². The van der Waals surface area contributed by atoms with Gasteiger partial charge in [-0.3, -0.25) is 0 Å². The van der Waals surface area contributed by atoms with Crippen LogP contribution in [0.1, 0.15) is 23.6 Å². The Bertz CT molecular complexity index is 301. The van der Waals surface area contributed by atoms with Crippen molar-refractivity contribution in [2.45, 2.75) is 27.2 Å². The molecule has 0 aromatic heterocycles. The van der Waals surface area contributed by atoms with Crippen LogP contribution in [0, 0.1) is 13.8 Å². The maximum atomic E-state index is 5.38. The van der Waals surface area contributed by atoms with Gasteiger partial charge in [0.05, 0.1) is 14.2 Å². The zero-order valence-electron chi connectivity index (χ0n) is 9.60. The summed E-state index contributed by atoms with van der Waals surface area (Å²) >= 11 is 0. The second-order valence-corrected chi connectivity index (χ2v) is 3.37. The largest absolute Gasteiger partial charge is 0.496 e. The van der Waals surface area contributed by atoms with Gasteiger partial charge in [0, 0.05) is 5.56 Å². The van der Waals surface area contributed by atoms with Crippen LogP contribution in [0.3, 0.4) is 0 Å². The first kappa shape index (κ1) is 10.9. The maximum Gasteiger partial charge on any atom is 0.128 e. The summed E-state index contributed by atoms with van der Waals surface area (Å²) in [4.78, 5) is 0. The molecule has 0 saturated heterocycles. The Morgan fingerprint density at radius 3 is 2.14 bits per heavy atom. The second-order valence-electron chi connectivity index (χ2n) is 3.37. The van der Waals surface area contributed by atoms with Gasteiger partial charge < -0.3 is 9.47 Å². The fraction of sp³-hybridized carbons (Fsp3) is 0.500. The zero-order valence-corrected chi connectivity index (χ0v) is 9.60. The van der Waals surface area contributed by atoms with Crippen molar-refractivity contribution in [2.75, 3.05) is 14.2 Å². The normalized spacial score (nSPS) is 10.1. The fourth-order valence-electron chi connectivity index (χ4n) is 1.80. The highest BCUT2D eigenvalue weighted by Gasteiger charge is 2.12. The van der Waals surface area contributed by atoms with E-state index in [1.165, 1.54) is 11.1 Å². The van der Waals surface area contributed by atoms with Gasteiger partial charge in [-0.15, -0.1) is 0 Å². The number of hydrogen-bond acceptors (Lipinski definition) is 2. The summed E-state index contributed by atoms with van der Waals surface area (Å²) in [6, 6.07) is 2.09. The number of rotatable bonds is 3. The Morgan fingerprint density at radius 1 is 1.07 bits per heavy atom. The summed E-state index contributed by atoms with van der Waals surface area (Å²) in [6.07, 6.45) is 0.999. The van der Waals surface area contributed by atoms with Gasteiger partial charge >= 0.3 is 0 Å². The van der Waals surface area contributed by atoms with Crippen molar-refractivity contribution in [1.29, 1.82) is 0 Å². The van der Waals surface area contributed by atoms with E-state index in [0.29, 0.717) is 0 Å². The molecule has 0 amide bonds. The molecule has 0 spiro atoms. The quantitative estimate of drug-likeness (QED) is 0.736. The molecular formula is C12H18O2. The Morgan fingerprint density at radius 2 is 1.71 bits per heavy atom. The van der Waals surface area contributed by atoms with Crippen molar-refractivity contribution >= 4 is 0 Å². The molecule has 0 bridgehead atoms. The average molecular weight is 194 g/mol. The lowest BCUT2D eigenvalue weighted by atomic mass is 10.0. The topological polar surface area (TPSA) is 18.5 Å². The van der Waals surface area contributed by atoms with Gasteiger partial charge in [-0.25, -0.2) is 0 Å². The van der Waals surface area contributed by atoms with E-state index >= 15 is 0 Å². The Hall–Kier alpha value is -1.18. The summed E-state index contributed by atoms with van der Waals surface area (Å²) in [6.45, 7) is 6.24. The summed E-state index contributed by atoms with van der Waals surface area (Å²) in [5.74, 6) is 1.85. The van der Waals surface area contributed by atoms with E-state index in [4.69, 9.17) is 9.47 Å². The van der Waals surface area contributed by atoms with E-state index < -0.39 is 0 Å². The molecule has 2 nitrogen and oxygen atoms in total. The first-order valence-corrected chi connectivity index (χ1v) is 4.86. The van der Waals surface area contributed by atoms with Crippen LogP contribution in [0.15, 0.2) is 6.07 Å². The van der Waals surface area contributed by atoms with Crippen molar-refractivity contribution < 1.29 is 9.47 Å². The lowest BCUT2D eigenvalue weighted by Gasteiger charge is -2.15. The lowest BCUT2D eigenvalue weighted by Crippen LogP contribution is -1.99. The molecule has 1 rings (SSSR count). The van der Waals surface area contributed by atoms with Crippen LogP contribution >= 0.6 is 0 Å². The number of benzene rings is 1. The molecule has 0 unspecified atom stereocenters. The van der Waals surface area contributed by atoms with Gasteiger partial charge in [-0.1, -0.05) is 6.92 Å². The number of hydrogen-bond donors (Lipinski definition) is 0. The highest BCUT2D eigenvalue weighted by atomic mass is 16.5. The standard InChI is InChI=1S/C12H18O2/c1-6-10-7-11(13-4)9(3)12(14-5)8(10)2/h7H,6H2,1-5H3. The smallest absolute Gasteiger partial charge is 0.128 e. The van der Waals surface area contributed by atoms with Crippen molar-refractivity contribution in [2.24, 2.45) is 0 Å². The first-order valence-electron chi connectivity index (χ1n) is 4.86. The third-order valence-electron chi connectivity index (χ3n) is 2.64. The van der Waals surface area contributed by atoms with E-state index in [9.17, 15) is 0 Å². The van der Waals surface area contributed by atoms with Gasteiger partial charge in [0.25, 0.3) is 0 Å². The molecule has 14 heavy (non-hydrogen) atoms. The molecule has 0 atom stereocenters. The van der Waals surface area contributed by atoms with Crippen molar-refractivity contribution in [1.82, 2.24) is 0 Å². The van der Waals surface area contributed by atoms with Crippen LogP contribution in [0.4, 0.5) is 0 Å². The molecule has 0 radical (unpaired) electrons. The minimum atomic E-state index is 0.907. The van der Waals surface area contributed by atoms with Crippen molar-refractivity contribution in [3.8, 4) is 11.5 Å². The zero-order chi connectivity index (χ0) is 10.7. The minimum Gasteiger partial charge on any atom is -0.496 e. The summed E-state index contributed by atoms with van der Waals surface area (Å²) in [5.41, 5.74) is 3.57. The van der Waals surface area contributed by atoms with Gasteiger partial charge in [0.2, 0.25) is 0 Å². The molecule has 0 aliphatic carbocycles. The number of ether oxygens (including phenoxy) is 2. The van der Waals surface area contributed by atoms with Crippen LogP contribution in [0.25, 0.3) is 0 Å². The molecule has 1 aromatic carbocycles. The van der Waals surface area contributed by atoms with Gasteiger partial charge in [-0.05, 0) is 37.5 Å². The van der Waals surface area contributed by atoms with E-state index in [1.807, 2.05) is 6.92 Å². The molecule has 0 aliphatic rings. The SMILES string of the molecule is CCc1cc(OC)c(C)c(OC)c1C. The Balaban J connectivity index is 3.39. The highest BCUT2D eigenvalue weighted by Crippen LogP contribution is 2.33. The molecule has 0 fully saturated rings. The van der Waals surface area contributed by atoms with E-state index in [-0.39, 0.29) is 0 Å². The third kappa shape index (κ3) is 1.69. The monoisotopic (exact) mass is 194 g/mol. The van der Waals surface area contributed by atoms with Crippen molar-refractivity contribution in [3.05, 3.63) is 22.8 Å². The molecule has 0 N–H and O–H groups in total. The molecule has 1 aromatic rings. The van der Waals surface area contributed by atoms with Crippen LogP contribution in [-0.2, 0) is 6.42 Å². The molecule has 0 aliphatic heterocycles. The number of aryl methyl sites for hydroxylation is 1. The van der Waals surface area contributed by atoms with Crippen LogP contribution in [0.2, 0.25) is 0 Å². The Kier molecular flexibility index (Phi) is 3.39. The van der Waals surface area contributed by atoms with E-state index in [0.717, 1.165) is 23.5 Å². The second kappa shape index (κ2) is 4.36. The van der Waals surface area contributed by atoms with Gasteiger partial charge in [-0.2, -0.15) is 0 Å². The lowest BCUT2D eigenvalue weighted by molar-refractivity contribution is 0.386. The van der Waals surface area contributed by atoms with Crippen LogP contribution in [-0.4, -0.2) is 14.2 Å². The molecule has 2 heteroatoms. The molecule has 0 heterocycles. The summed E-state index contributed by atoms with van der Waals surface area (Å²) < 4.78 is 10.7. The summed E-state index contributed by atoms with van der Waals surface area (Å²) in [5, 5.41) is 0. The highest BCUT2D eigenvalue weighted by molar-refractivity contribution is 5.52. The predicted molar refractivity (Wildman–Crippen MR) is 58.4 cm³/mol. The molecule has 0 saturated carbocycles. The van der Waals surface area contributed by atoms with Crippen LogP contribution in [0.5, 0.6) is 11.5 Å². The third-order valence-corrected chi connectivity index (χ3v) is 2.64.